The van der Waals surface area contributed by atoms with E-state index in [2.05, 4.69) is 22.4 Å². The summed E-state index contributed by atoms with van der Waals surface area (Å²) in [5.41, 5.74) is 0.402. The monoisotopic (exact) mass is 299 g/mol. The largest absolute Gasteiger partial charge is 0.308 e. The van der Waals surface area contributed by atoms with E-state index in [4.69, 9.17) is 11.6 Å². The van der Waals surface area contributed by atoms with Crippen LogP contribution < -0.4 is 5.32 Å². The molecule has 0 radical (unpaired) electrons. The lowest BCUT2D eigenvalue weighted by Gasteiger charge is -2.08. The topological polar surface area (TPSA) is 37.8 Å². The Morgan fingerprint density at radius 1 is 1.42 bits per heavy atom. The van der Waals surface area contributed by atoms with Gasteiger partial charge in [-0.15, -0.1) is 10.2 Å². The van der Waals surface area contributed by atoms with E-state index in [0.717, 1.165) is 18.0 Å². The van der Waals surface area contributed by atoms with Crippen molar-refractivity contribution in [1.29, 1.82) is 0 Å². The average Bonchev–Trinajstić information content (AvgIpc) is 2.88. The first kappa shape index (κ1) is 14.4. The van der Waals surface area contributed by atoms with Crippen LogP contribution in [0.15, 0.2) is 18.2 Å². The Hall–Kier alpha value is -1.04. The van der Waals surface area contributed by atoms with E-state index < -0.39 is 5.82 Å². The van der Waals surface area contributed by atoms with E-state index in [1.54, 1.807) is 12.1 Å². The SMILES string of the molecule is CCCNC(C)c1nnc(-c2cccc(Cl)c2F)s1. The fourth-order valence-electron chi connectivity index (χ4n) is 1.64. The van der Waals surface area contributed by atoms with Gasteiger partial charge in [-0.1, -0.05) is 35.9 Å². The Morgan fingerprint density at radius 3 is 2.95 bits per heavy atom. The molecule has 1 aromatic heterocycles. The number of nitrogens with one attached hydrogen (secondary N) is 1. The molecule has 0 saturated carbocycles. The van der Waals surface area contributed by atoms with Gasteiger partial charge in [0, 0.05) is 5.56 Å². The van der Waals surface area contributed by atoms with Crippen LogP contribution in [0.25, 0.3) is 10.6 Å². The molecule has 1 atom stereocenters. The first-order valence-corrected chi connectivity index (χ1v) is 7.34. The third kappa shape index (κ3) is 3.29. The number of hydrogen-bond donors (Lipinski definition) is 1. The highest BCUT2D eigenvalue weighted by molar-refractivity contribution is 7.14. The minimum Gasteiger partial charge on any atom is -0.308 e. The van der Waals surface area contributed by atoms with Crippen molar-refractivity contribution in [1.82, 2.24) is 15.5 Å². The molecule has 2 rings (SSSR count). The normalized spacial score (nSPS) is 12.6. The summed E-state index contributed by atoms with van der Waals surface area (Å²) in [6.07, 6.45) is 1.05. The maximum absolute atomic E-state index is 13.9. The molecule has 102 valence electrons. The molecule has 0 amide bonds. The number of rotatable bonds is 5. The Morgan fingerprint density at radius 2 is 2.21 bits per heavy atom. The van der Waals surface area contributed by atoms with Crippen molar-refractivity contribution in [2.24, 2.45) is 0 Å². The average molecular weight is 300 g/mol. The highest BCUT2D eigenvalue weighted by Crippen LogP contribution is 2.31. The van der Waals surface area contributed by atoms with Gasteiger partial charge in [0.05, 0.1) is 11.1 Å². The van der Waals surface area contributed by atoms with Crippen LogP contribution in [0, 0.1) is 5.82 Å². The molecule has 6 heteroatoms. The van der Waals surface area contributed by atoms with Crippen LogP contribution in [-0.4, -0.2) is 16.7 Å². The van der Waals surface area contributed by atoms with Gasteiger partial charge in [0.2, 0.25) is 0 Å². The molecule has 2 aromatic rings. The number of nitrogens with zero attached hydrogens (tertiary/aromatic N) is 2. The Balaban J connectivity index is 2.23. The summed E-state index contributed by atoms with van der Waals surface area (Å²) >= 11 is 7.15. The van der Waals surface area contributed by atoms with Crippen LogP contribution in [0.1, 0.15) is 31.3 Å². The van der Waals surface area contributed by atoms with Gasteiger partial charge in [-0.2, -0.15) is 0 Å². The van der Waals surface area contributed by atoms with Gasteiger partial charge < -0.3 is 5.32 Å². The Labute approximate surface area is 120 Å². The Kier molecular flexibility index (Phi) is 4.85. The summed E-state index contributed by atoms with van der Waals surface area (Å²) < 4.78 is 13.9. The zero-order chi connectivity index (χ0) is 13.8. The van der Waals surface area contributed by atoms with Crippen molar-refractivity contribution in [3.63, 3.8) is 0 Å². The molecule has 3 nitrogen and oxygen atoms in total. The van der Waals surface area contributed by atoms with E-state index in [0.29, 0.717) is 10.6 Å². The highest BCUT2D eigenvalue weighted by atomic mass is 35.5. The predicted molar refractivity (Wildman–Crippen MR) is 77.0 cm³/mol. The minimum atomic E-state index is -0.443. The summed E-state index contributed by atoms with van der Waals surface area (Å²) in [5.74, 6) is -0.443. The lowest BCUT2D eigenvalue weighted by Crippen LogP contribution is -2.18. The maximum atomic E-state index is 13.9. The molecule has 0 aliphatic rings. The van der Waals surface area contributed by atoms with Crippen LogP contribution in [0.4, 0.5) is 4.39 Å². The number of hydrogen-bond acceptors (Lipinski definition) is 4. The molecule has 0 spiro atoms. The van der Waals surface area contributed by atoms with Gasteiger partial charge in [0.25, 0.3) is 0 Å². The summed E-state index contributed by atoms with van der Waals surface area (Å²) in [6.45, 7) is 5.04. The van der Waals surface area contributed by atoms with Gasteiger partial charge in [-0.05, 0) is 32.0 Å². The molecule has 0 saturated heterocycles. The van der Waals surface area contributed by atoms with E-state index in [1.807, 2.05) is 6.92 Å². The van der Waals surface area contributed by atoms with Crippen molar-refractivity contribution in [3.05, 3.63) is 34.0 Å². The van der Waals surface area contributed by atoms with Crippen LogP contribution in [0.2, 0.25) is 5.02 Å². The highest BCUT2D eigenvalue weighted by Gasteiger charge is 2.16. The zero-order valence-electron chi connectivity index (χ0n) is 10.8. The van der Waals surface area contributed by atoms with Crippen LogP contribution in [-0.2, 0) is 0 Å². The van der Waals surface area contributed by atoms with Crippen LogP contribution in [0.3, 0.4) is 0 Å². The number of halogens is 2. The van der Waals surface area contributed by atoms with Gasteiger partial charge in [0.15, 0.2) is 10.8 Å². The fraction of sp³-hybridized carbons (Fsp3) is 0.385. The van der Waals surface area contributed by atoms with Gasteiger partial charge in [-0.25, -0.2) is 4.39 Å². The summed E-state index contributed by atoms with van der Waals surface area (Å²) in [4.78, 5) is 0. The van der Waals surface area contributed by atoms with Gasteiger partial charge >= 0.3 is 0 Å². The van der Waals surface area contributed by atoms with Crippen molar-refractivity contribution in [2.75, 3.05) is 6.54 Å². The van der Waals surface area contributed by atoms with Gasteiger partial charge in [0.1, 0.15) is 5.01 Å². The molecule has 1 aromatic carbocycles. The number of aromatic nitrogens is 2. The maximum Gasteiger partial charge on any atom is 0.152 e. The zero-order valence-corrected chi connectivity index (χ0v) is 12.4. The molecule has 19 heavy (non-hydrogen) atoms. The summed E-state index contributed by atoms with van der Waals surface area (Å²) in [7, 11) is 0. The fourth-order valence-corrected chi connectivity index (χ4v) is 2.70. The molecule has 0 aliphatic carbocycles. The second kappa shape index (κ2) is 6.41. The predicted octanol–water partition coefficient (Wildman–Crippen LogP) is 4.06. The van der Waals surface area contributed by atoms with Crippen LogP contribution >= 0.6 is 22.9 Å². The van der Waals surface area contributed by atoms with E-state index in [9.17, 15) is 4.39 Å². The van der Waals surface area contributed by atoms with Gasteiger partial charge in [-0.3, -0.25) is 0 Å². The van der Waals surface area contributed by atoms with Crippen molar-refractivity contribution < 1.29 is 4.39 Å². The standard InChI is InChI=1S/C13H15ClFN3S/c1-3-7-16-8(2)12-17-18-13(19-12)9-5-4-6-10(14)11(9)15/h4-6,8,16H,3,7H2,1-2H3. The molecule has 0 aliphatic heterocycles. The number of benzene rings is 1. The second-order valence-corrected chi connectivity index (χ2v) is 5.64. The molecular formula is C13H15ClFN3S. The smallest absolute Gasteiger partial charge is 0.152 e. The molecule has 0 bridgehead atoms. The molecule has 1 unspecified atom stereocenters. The van der Waals surface area contributed by atoms with E-state index in [1.165, 1.54) is 17.4 Å². The third-order valence-electron chi connectivity index (χ3n) is 2.69. The first-order chi connectivity index (χ1) is 9.13. The second-order valence-electron chi connectivity index (χ2n) is 4.22. The molecule has 1 N–H and O–H groups in total. The van der Waals surface area contributed by atoms with Crippen LogP contribution in [0.5, 0.6) is 0 Å². The van der Waals surface area contributed by atoms with E-state index in [-0.39, 0.29) is 11.1 Å². The van der Waals surface area contributed by atoms with E-state index >= 15 is 0 Å². The summed E-state index contributed by atoms with van der Waals surface area (Å²) in [5, 5.41) is 13.0. The minimum absolute atomic E-state index is 0.103. The Bertz CT molecular complexity index is 559. The summed E-state index contributed by atoms with van der Waals surface area (Å²) in [6, 6.07) is 5.01. The lowest BCUT2D eigenvalue weighted by atomic mass is 10.2. The first-order valence-electron chi connectivity index (χ1n) is 6.14. The van der Waals surface area contributed by atoms with Crippen molar-refractivity contribution in [2.45, 2.75) is 26.3 Å². The molecule has 0 fully saturated rings. The quantitative estimate of drug-likeness (QED) is 0.905. The van der Waals surface area contributed by atoms with Crippen molar-refractivity contribution >= 4 is 22.9 Å². The third-order valence-corrected chi connectivity index (χ3v) is 4.12. The lowest BCUT2D eigenvalue weighted by molar-refractivity contribution is 0.564. The van der Waals surface area contributed by atoms with Crippen molar-refractivity contribution in [3.8, 4) is 10.6 Å². The molecule has 1 heterocycles. The molecular weight excluding hydrogens is 285 g/mol.